The number of rotatable bonds is 3. The summed E-state index contributed by atoms with van der Waals surface area (Å²) in [6.45, 7) is 11.4. The molecule has 0 aliphatic rings. The fourth-order valence-corrected chi connectivity index (χ4v) is 4.03. The Labute approximate surface area is 136 Å². The van der Waals surface area contributed by atoms with Gasteiger partial charge in [0.2, 0.25) is 0 Å². The van der Waals surface area contributed by atoms with Gasteiger partial charge in [0.25, 0.3) is 8.32 Å². The van der Waals surface area contributed by atoms with Crippen LogP contribution >= 0.6 is 11.3 Å². The van der Waals surface area contributed by atoms with Crippen LogP contribution < -0.4 is 4.43 Å². The molecule has 0 radical (unpaired) electrons. The molecule has 0 aliphatic heterocycles. The molecule has 0 spiro atoms. The minimum absolute atomic E-state index is 0.187. The first-order chi connectivity index (χ1) is 10.3. The SMILES string of the molecule is CC(C)(C)[Si](C)(C)Oc1cc(-c2cccnc2)n2ccsc12. The number of fused-ring (bicyclic) bond motifs is 1. The van der Waals surface area contributed by atoms with Crippen LogP contribution in [-0.4, -0.2) is 17.7 Å². The number of thiazole rings is 1. The van der Waals surface area contributed by atoms with Gasteiger partial charge in [-0.1, -0.05) is 20.8 Å². The third-order valence-corrected chi connectivity index (χ3v) is 9.70. The van der Waals surface area contributed by atoms with Crippen molar-refractivity contribution in [3.05, 3.63) is 42.2 Å². The molecule has 0 bridgehead atoms. The van der Waals surface area contributed by atoms with E-state index in [1.807, 2.05) is 12.3 Å². The highest BCUT2D eigenvalue weighted by Gasteiger charge is 2.39. The van der Waals surface area contributed by atoms with Gasteiger partial charge in [-0.3, -0.25) is 4.98 Å². The van der Waals surface area contributed by atoms with E-state index in [4.69, 9.17) is 4.43 Å². The first-order valence-corrected chi connectivity index (χ1v) is 11.3. The van der Waals surface area contributed by atoms with E-state index >= 15 is 0 Å². The smallest absolute Gasteiger partial charge is 0.250 e. The fraction of sp³-hybridized carbons (Fsp3) is 0.353. The van der Waals surface area contributed by atoms with Gasteiger partial charge in [0.05, 0.1) is 5.69 Å². The van der Waals surface area contributed by atoms with Gasteiger partial charge < -0.3 is 8.83 Å². The predicted octanol–water partition coefficient (Wildman–Crippen LogP) is 5.45. The van der Waals surface area contributed by atoms with Crippen molar-refractivity contribution in [3.8, 4) is 17.0 Å². The Balaban J connectivity index is 2.08. The lowest BCUT2D eigenvalue weighted by atomic mass is 10.2. The lowest BCUT2D eigenvalue weighted by Gasteiger charge is -2.36. The summed E-state index contributed by atoms with van der Waals surface area (Å²) in [5.74, 6) is 1.00. The van der Waals surface area contributed by atoms with Gasteiger partial charge in [0.1, 0.15) is 10.6 Å². The monoisotopic (exact) mass is 330 g/mol. The van der Waals surface area contributed by atoms with Crippen molar-refractivity contribution in [2.75, 3.05) is 0 Å². The molecule has 3 nitrogen and oxygen atoms in total. The van der Waals surface area contributed by atoms with Crippen molar-refractivity contribution in [2.45, 2.75) is 38.9 Å². The van der Waals surface area contributed by atoms with Crippen molar-refractivity contribution in [2.24, 2.45) is 0 Å². The Kier molecular flexibility index (Phi) is 3.65. The standard InChI is InChI=1S/C17H22N2OSSi/c1-17(2,3)22(4,5)20-15-11-14(13-7-6-8-18-12-13)19-9-10-21-16(15)19/h6-12H,1-5H3. The average molecular weight is 331 g/mol. The van der Waals surface area contributed by atoms with Crippen LogP contribution in [-0.2, 0) is 0 Å². The molecule has 116 valence electrons. The molecule has 0 amide bonds. The van der Waals surface area contributed by atoms with Crippen LogP contribution in [0.5, 0.6) is 5.75 Å². The molecule has 3 heterocycles. The summed E-state index contributed by atoms with van der Waals surface area (Å²) in [6.07, 6.45) is 5.80. The van der Waals surface area contributed by atoms with Crippen LogP contribution in [0.15, 0.2) is 42.2 Å². The van der Waals surface area contributed by atoms with E-state index in [1.165, 1.54) is 4.83 Å². The predicted molar refractivity (Wildman–Crippen MR) is 96.3 cm³/mol. The van der Waals surface area contributed by atoms with Gasteiger partial charge in [-0.25, -0.2) is 0 Å². The molecule has 3 rings (SSSR count). The number of hydrogen-bond acceptors (Lipinski definition) is 3. The van der Waals surface area contributed by atoms with Gasteiger partial charge in [0, 0.05) is 35.6 Å². The molecular weight excluding hydrogens is 308 g/mol. The van der Waals surface area contributed by atoms with E-state index in [2.05, 4.69) is 67.0 Å². The van der Waals surface area contributed by atoms with Crippen LogP contribution in [0, 0.1) is 0 Å². The van der Waals surface area contributed by atoms with Crippen LogP contribution in [0.2, 0.25) is 18.1 Å². The highest BCUT2D eigenvalue weighted by Crippen LogP contribution is 2.41. The Morgan fingerprint density at radius 2 is 2.05 bits per heavy atom. The fourth-order valence-electron chi connectivity index (χ4n) is 2.14. The average Bonchev–Trinajstić information content (AvgIpc) is 3.02. The third kappa shape index (κ3) is 2.59. The minimum Gasteiger partial charge on any atom is -0.541 e. The van der Waals surface area contributed by atoms with Crippen molar-refractivity contribution >= 4 is 24.5 Å². The Morgan fingerprint density at radius 1 is 1.27 bits per heavy atom. The molecule has 0 saturated carbocycles. The van der Waals surface area contributed by atoms with Crippen LogP contribution in [0.25, 0.3) is 16.1 Å². The summed E-state index contributed by atoms with van der Waals surface area (Å²) in [7, 11) is -1.85. The van der Waals surface area contributed by atoms with Crippen molar-refractivity contribution < 1.29 is 4.43 Å². The zero-order valence-electron chi connectivity index (χ0n) is 13.8. The van der Waals surface area contributed by atoms with Gasteiger partial charge in [-0.2, -0.15) is 0 Å². The molecule has 0 unspecified atom stereocenters. The first kappa shape index (κ1) is 15.3. The quantitative estimate of drug-likeness (QED) is 0.597. The van der Waals surface area contributed by atoms with Gasteiger partial charge >= 0.3 is 0 Å². The van der Waals surface area contributed by atoms with Crippen LogP contribution in [0.3, 0.4) is 0 Å². The molecule has 0 fully saturated rings. The topological polar surface area (TPSA) is 26.5 Å². The maximum atomic E-state index is 6.55. The second-order valence-corrected chi connectivity index (χ2v) is 12.7. The van der Waals surface area contributed by atoms with Gasteiger partial charge in [-0.15, -0.1) is 11.3 Å². The Hall–Kier alpha value is -1.59. The highest BCUT2D eigenvalue weighted by molar-refractivity contribution is 7.16. The molecule has 22 heavy (non-hydrogen) atoms. The van der Waals surface area contributed by atoms with E-state index < -0.39 is 8.32 Å². The normalized spacial score (nSPS) is 12.8. The summed E-state index contributed by atoms with van der Waals surface area (Å²) in [6, 6.07) is 6.21. The van der Waals surface area contributed by atoms with Gasteiger partial charge in [-0.05, 0) is 30.3 Å². The maximum Gasteiger partial charge on any atom is 0.250 e. The third-order valence-electron chi connectivity index (χ3n) is 4.48. The summed E-state index contributed by atoms with van der Waals surface area (Å²) in [4.78, 5) is 5.40. The largest absolute Gasteiger partial charge is 0.541 e. The van der Waals surface area contributed by atoms with Crippen molar-refractivity contribution in [3.63, 3.8) is 0 Å². The molecule has 0 atom stereocenters. The molecule has 3 aromatic rings. The Morgan fingerprint density at radius 3 is 2.68 bits per heavy atom. The second kappa shape index (κ2) is 5.24. The number of nitrogens with zero attached hydrogens (tertiary/aromatic N) is 2. The molecular formula is C17H22N2OSSi. The Bertz CT molecular complexity index is 784. The molecule has 3 aromatic heterocycles. The lowest BCUT2D eigenvalue weighted by molar-refractivity contribution is 0.497. The molecule has 5 heteroatoms. The number of pyridine rings is 1. The molecule has 0 N–H and O–H groups in total. The van der Waals surface area contributed by atoms with E-state index in [0.717, 1.165) is 17.0 Å². The van der Waals surface area contributed by atoms with E-state index in [9.17, 15) is 0 Å². The summed E-state index contributed by atoms with van der Waals surface area (Å²) in [5.41, 5.74) is 2.25. The lowest BCUT2D eigenvalue weighted by Crippen LogP contribution is -2.43. The molecule has 0 saturated heterocycles. The van der Waals surface area contributed by atoms with Crippen LogP contribution in [0.4, 0.5) is 0 Å². The summed E-state index contributed by atoms with van der Waals surface area (Å²) < 4.78 is 8.75. The number of aromatic nitrogens is 2. The van der Waals surface area contributed by atoms with E-state index in [-0.39, 0.29) is 5.04 Å². The van der Waals surface area contributed by atoms with Crippen molar-refractivity contribution in [1.82, 2.24) is 9.38 Å². The summed E-state index contributed by atoms with van der Waals surface area (Å²) >= 11 is 1.72. The zero-order chi connectivity index (χ0) is 16.0. The van der Waals surface area contributed by atoms with E-state index in [1.54, 1.807) is 17.5 Å². The first-order valence-electron chi connectivity index (χ1n) is 7.47. The second-order valence-electron chi connectivity index (χ2n) is 7.08. The summed E-state index contributed by atoms with van der Waals surface area (Å²) in [5, 5.41) is 2.29. The molecule has 0 aliphatic carbocycles. The molecule has 0 aromatic carbocycles. The van der Waals surface area contributed by atoms with Crippen molar-refractivity contribution in [1.29, 1.82) is 0 Å². The minimum atomic E-state index is -1.85. The highest BCUT2D eigenvalue weighted by atomic mass is 32.1. The van der Waals surface area contributed by atoms with E-state index in [0.29, 0.717) is 0 Å². The van der Waals surface area contributed by atoms with Crippen LogP contribution in [0.1, 0.15) is 20.8 Å². The number of hydrogen-bond donors (Lipinski definition) is 0. The zero-order valence-corrected chi connectivity index (χ0v) is 15.6. The van der Waals surface area contributed by atoms with Gasteiger partial charge in [0.15, 0.2) is 0 Å². The maximum absolute atomic E-state index is 6.55.